The molecule has 0 unspecified atom stereocenters. The van der Waals surface area contributed by atoms with Crippen molar-refractivity contribution in [3.8, 4) is 5.75 Å². The second-order valence-electron chi connectivity index (χ2n) is 13.8. The van der Waals surface area contributed by atoms with Crippen molar-refractivity contribution in [2.45, 2.75) is 103 Å². The summed E-state index contributed by atoms with van der Waals surface area (Å²) in [7, 11) is 1.55. The Kier molecular flexibility index (Phi) is 17.5. The van der Waals surface area contributed by atoms with Gasteiger partial charge in [0.2, 0.25) is 5.91 Å². The number of fused-ring (bicyclic) bond motifs is 1. The van der Waals surface area contributed by atoms with Crippen LogP contribution in [0.1, 0.15) is 95.0 Å². The molecule has 54 heavy (non-hydrogen) atoms. The first-order valence-corrected chi connectivity index (χ1v) is 18.6. The van der Waals surface area contributed by atoms with Gasteiger partial charge in [0.05, 0.1) is 42.6 Å². The number of nitrogens with zero attached hydrogens (tertiary/aromatic N) is 2. The predicted octanol–water partition coefficient (Wildman–Crippen LogP) is 7.12. The van der Waals surface area contributed by atoms with Crippen LogP contribution in [-0.2, 0) is 25.2 Å². The molecule has 1 aliphatic heterocycles. The molecule has 2 aromatic rings. The Labute approximate surface area is 315 Å². The first-order valence-electron chi connectivity index (χ1n) is 18.6. The molecule has 4 amide bonds. The van der Waals surface area contributed by atoms with E-state index in [0.717, 1.165) is 18.6 Å². The second-order valence-corrected chi connectivity index (χ2v) is 13.8. The molecule has 300 valence electrons. The van der Waals surface area contributed by atoms with Crippen molar-refractivity contribution in [1.82, 2.24) is 9.80 Å². The number of esters is 1. The summed E-state index contributed by atoms with van der Waals surface area (Å²) in [6.07, 6.45) is -0.781. The average molecular weight is 765 g/mol. The van der Waals surface area contributed by atoms with Gasteiger partial charge in [-0.25, -0.2) is 4.79 Å². The fourth-order valence-electron chi connectivity index (χ4n) is 5.97. The normalized spacial score (nSPS) is 19.1. The molecule has 2 aromatic carbocycles. The van der Waals surface area contributed by atoms with Crippen LogP contribution in [0.3, 0.4) is 0 Å². The monoisotopic (exact) mass is 764 g/mol. The molecule has 1 aliphatic rings. The van der Waals surface area contributed by atoms with Gasteiger partial charge in [-0.3, -0.25) is 14.4 Å². The first-order chi connectivity index (χ1) is 25.6. The molecule has 12 nitrogen and oxygen atoms in total. The van der Waals surface area contributed by atoms with Gasteiger partial charge in [0.1, 0.15) is 5.75 Å². The van der Waals surface area contributed by atoms with Crippen LogP contribution in [-0.4, -0.2) is 96.9 Å². The number of urea groups is 1. The molecule has 3 rings (SSSR count). The fraction of sp³-hybridized carbons (Fsp3) is 0.590. The Hall–Kier alpha value is -4.37. The molecule has 0 spiro atoms. The Bertz CT molecular complexity index is 1520. The predicted molar refractivity (Wildman–Crippen MR) is 198 cm³/mol. The third kappa shape index (κ3) is 14.1. The number of unbranched alkanes of at least 4 members (excludes halogenated alkanes) is 2. The van der Waals surface area contributed by atoms with E-state index >= 15 is 0 Å². The second kappa shape index (κ2) is 21.5. The van der Waals surface area contributed by atoms with Crippen LogP contribution in [0.2, 0.25) is 0 Å². The third-order valence-corrected chi connectivity index (χ3v) is 9.19. The van der Waals surface area contributed by atoms with Crippen LogP contribution in [0, 0.1) is 5.92 Å². The van der Waals surface area contributed by atoms with Gasteiger partial charge in [-0.15, -0.1) is 0 Å². The number of alkyl halides is 3. The molecule has 3 N–H and O–H groups in total. The van der Waals surface area contributed by atoms with Crippen LogP contribution in [0.15, 0.2) is 42.5 Å². The Morgan fingerprint density at radius 3 is 2.37 bits per heavy atom. The highest BCUT2D eigenvalue weighted by Gasteiger charge is 2.32. The number of carbonyl (C=O) groups excluding carboxylic acids is 4. The Morgan fingerprint density at radius 1 is 1.02 bits per heavy atom. The number of hydrogen-bond donors (Lipinski definition) is 3. The standard InChI is InChI=1S/C39H55F3N4O8/c1-6-52-36(49)14-9-7-8-13-35(48)43-31-19-20-33-32(22-31)37(50)46(27(3)25-47)23-26(2)34(53-21-11-10-12-28(4)54-33)24-45(5)38(51)44-30-17-15-29(16-18-30)39(40,41)42/h15-20,22,26-28,34,47H,6-14,21,23-25H2,1-5H3,(H,43,48)(H,44,51)/t26-,27-,28-,34-/m0/s1. The lowest BCUT2D eigenvalue weighted by molar-refractivity contribution is -0.143. The maximum Gasteiger partial charge on any atom is 0.416 e. The van der Waals surface area contributed by atoms with Crippen molar-refractivity contribution in [1.29, 1.82) is 0 Å². The zero-order chi connectivity index (χ0) is 39.8. The van der Waals surface area contributed by atoms with E-state index in [2.05, 4.69) is 10.6 Å². The number of likely N-dealkylation sites (N-methyl/N-ethyl adjacent to an activating group) is 1. The van der Waals surface area contributed by atoms with E-state index in [1.54, 1.807) is 39.1 Å². The lowest BCUT2D eigenvalue weighted by Crippen LogP contribution is -2.48. The van der Waals surface area contributed by atoms with Crippen LogP contribution in [0.4, 0.5) is 29.3 Å². The van der Waals surface area contributed by atoms with Crippen molar-refractivity contribution < 1.29 is 51.7 Å². The van der Waals surface area contributed by atoms with E-state index < -0.39 is 35.8 Å². The van der Waals surface area contributed by atoms with Gasteiger partial charge in [0.25, 0.3) is 5.91 Å². The summed E-state index contributed by atoms with van der Waals surface area (Å²) >= 11 is 0. The van der Waals surface area contributed by atoms with Crippen LogP contribution in [0.25, 0.3) is 0 Å². The minimum atomic E-state index is -4.50. The van der Waals surface area contributed by atoms with Gasteiger partial charge in [0, 0.05) is 56.9 Å². The molecule has 0 saturated heterocycles. The molecule has 0 bridgehead atoms. The summed E-state index contributed by atoms with van der Waals surface area (Å²) < 4.78 is 56.5. The van der Waals surface area contributed by atoms with E-state index in [0.29, 0.717) is 63.2 Å². The maximum absolute atomic E-state index is 14.4. The fourth-order valence-corrected chi connectivity index (χ4v) is 5.97. The molecule has 4 atom stereocenters. The number of rotatable bonds is 13. The van der Waals surface area contributed by atoms with E-state index in [9.17, 15) is 37.5 Å². The van der Waals surface area contributed by atoms with Gasteiger partial charge < -0.3 is 39.8 Å². The average Bonchev–Trinajstić information content (AvgIpc) is 3.12. The molecule has 0 radical (unpaired) electrons. The summed E-state index contributed by atoms with van der Waals surface area (Å²) in [6.45, 7) is 7.87. The van der Waals surface area contributed by atoms with Crippen LogP contribution < -0.4 is 15.4 Å². The lowest BCUT2D eigenvalue weighted by atomic mass is 10.0. The molecule has 0 aliphatic carbocycles. The number of amides is 4. The number of benzene rings is 2. The van der Waals surface area contributed by atoms with Gasteiger partial charge >= 0.3 is 18.2 Å². The zero-order valence-electron chi connectivity index (χ0n) is 31.9. The smallest absolute Gasteiger partial charge is 0.416 e. The Morgan fingerprint density at radius 2 is 1.70 bits per heavy atom. The number of nitrogens with one attached hydrogen (secondary N) is 2. The summed E-state index contributed by atoms with van der Waals surface area (Å²) in [6, 6.07) is 7.91. The number of hydrogen-bond acceptors (Lipinski definition) is 8. The third-order valence-electron chi connectivity index (χ3n) is 9.19. The van der Waals surface area contributed by atoms with E-state index in [-0.39, 0.29) is 61.3 Å². The minimum absolute atomic E-state index is 0.109. The topological polar surface area (TPSA) is 147 Å². The van der Waals surface area contributed by atoms with Crippen LogP contribution in [0.5, 0.6) is 5.75 Å². The van der Waals surface area contributed by atoms with Gasteiger partial charge in [-0.1, -0.05) is 13.3 Å². The maximum atomic E-state index is 14.4. The van der Waals surface area contributed by atoms with Gasteiger partial charge in [-0.2, -0.15) is 13.2 Å². The molecule has 1 heterocycles. The highest BCUT2D eigenvalue weighted by molar-refractivity contribution is 5.99. The van der Waals surface area contributed by atoms with Crippen molar-refractivity contribution in [2.24, 2.45) is 5.92 Å². The molecular weight excluding hydrogens is 709 g/mol. The minimum Gasteiger partial charge on any atom is -0.490 e. The summed E-state index contributed by atoms with van der Waals surface area (Å²) in [5.41, 5.74) is -0.0102. The number of halogens is 3. The molecule has 0 saturated carbocycles. The number of ether oxygens (including phenoxy) is 3. The molecule has 15 heteroatoms. The summed E-state index contributed by atoms with van der Waals surface area (Å²) in [5, 5.41) is 15.7. The van der Waals surface area contributed by atoms with E-state index in [1.165, 1.54) is 21.9 Å². The first kappa shape index (κ1) is 44.0. The highest BCUT2D eigenvalue weighted by atomic mass is 19.4. The van der Waals surface area contributed by atoms with Gasteiger partial charge in [-0.05, 0) is 95.3 Å². The molecule has 0 fully saturated rings. The number of carbonyl (C=O) groups is 4. The van der Waals surface area contributed by atoms with E-state index in [4.69, 9.17) is 14.2 Å². The largest absolute Gasteiger partial charge is 0.490 e. The van der Waals surface area contributed by atoms with Crippen LogP contribution >= 0.6 is 0 Å². The van der Waals surface area contributed by atoms with Crippen molar-refractivity contribution in [3.63, 3.8) is 0 Å². The van der Waals surface area contributed by atoms with Gasteiger partial charge in [0.15, 0.2) is 0 Å². The molecule has 0 aromatic heterocycles. The lowest BCUT2D eigenvalue weighted by Gasteiger charge is -2.35. The number of anilines is 2. The SMILES string of the molecule is CCOC(=O)CCCCCC(=O)Nc1ccc2c(c1)C(=O)N([C@@H](C)CO)C[C@H](C)[C@H](CN(C)C(=O)Nc1ccc(C(F)(F)F)cc1)OCCCC[C@H](C)O2. The zero-order valence-corrected chi connectivity index (χ0v) is 31.9. The van der Waals surface area contributed by atoms with Crippen molar-refractivity contribution in [3.05, 3.63) is 53.6 Å². The quantitative estimate of drug-likeness (QED) is 0.145. The molecular formula is C39H55F3N4O8. The highest BCUT2D eigenvalue weighted by Crippen LogP contribution is 2.31. The number of aliphatic hydroxyl groups excluding tert-OH is 1. The summed E-state index contributed by atoms with van der Waals surface area (Å²) in [4.78, 5) is 54.8. The van der Waals surface area contributed by atoms with Crippen molar-refractivity contribution >= 4 is 35.2 Å². The summed E-state index contributed by atoms with van der Waals surface area (Å²) in [5.74, 6) is -0.928. The van der Waals surface area contributed by atoms with Crippen molar-refractivity contribution in [2.75, 3.05) is 50.6 Å². The Balaban J connectivity index is 1.78. The van der Waals surface area contributed by atoms with E-state index in [1.807, 2.05) is 13.8 Å². The number of aliphatic hydroxyl groups is 1.